The Morgan fingerprint density at radius 2 is 1.92 bits per heavy atom. The monoisotopic (exact) mass is 522 g/mol. The fourth-order valence-corrected chi connectivity index (χ4v) is 5.41. The second-order valence-electron chi connectivity index (χ2n) is 8.76. The van der Waals surface area contributed by atoms with Gasteiger partial charge < -0.3 is 23.7 Å². The number of ether oxygens (including phenoxy) is 5. The van der Waals surface area contributed by atoms with Crippen molar-refractivity contribution in [2.75, 3.05) is 21.0 Å². The summed E-state index contributed by atoms with van der Waals surface area (Å²) in [6, 6.07) is 10.1. The molecule has 9 nitrogen and oxygen atoms in total. The van der Waals surface area contributed by atoms with E-state index in [1.807, 2.05) is 32.0 Å². The Hall–Kier alpha value is -4.05. The van der Waals surface area contributed by atoms with Gasteiger partial charge in [0.15, 0.2) is 27.8 Å². The molecule has 1 aromatic heterocycles. The molecule has 0 N–H and O–H groups in total. The van der Waals surface area contributed by atoms with Crippen LogP contribution in [0.5, 0.6) is 23.0 Å². The lowest BCUT2D eigenvalue weighted by Crippen LogP contribution is -2.39. The van der Waals surface area contributed by atoms with Gasteiger partial charge in [0, 0.05) is 0 Å². The van der Waals surface area contributed by atoms with Gasteiger partial charge in [-0.2, -0.15) is 0 Å². The van der Waals surface area contributed by atoms with E-state index in [0.29, 0.717) is 43.6 Å². The van der Waals surface area contributed by atoms with Crippen LogP contribution in [0.15, 0.2) is 57.5 Å². The molecule has 0 spiro atoms. The quantitative estimate of drug-likeness (QED) is 0.459. The van der Waals surface area contributed by atoms with Gasteiger partial charge in [-0.15, -0.1) is 0 Å². The van der Waals surface area contributed by atoms with Gasteiger partial charge >= 0.3 is 5.97 Å². The number of aromatic nitrogens is 1. The van der Waals surface area contributed by atoms with Crippen molar-refractivity contribution in [3.8, 4) is 23.0 Å². The Labute approximate surface area is 216 Å². The number of esters is 1. The largest absolute Gasteiger partial charge is 0.493 e. The molecule has 37 heavy (non-hydrogen) atoms. The topological polar surface area (TPSA) is 97.6 Å². The number of benzene rings is 2. The van der Waals surface area contributed by atoms with Crippen LogP contribution in [0.3, 0.4) is 0 Å². The summed E-state index contributed by atoms with van der Waals surface area (Å²) in [7, 11) is 2.86. The van der Waals surface area contributed by atoms with Crippen LogP contribution in [0.25, 0.3) is 6.08 Å². The summed E-state index contributed by atoms with van der Waals surface area (Å²) in [5, 5.41) is 0. The number of nitrogens with zero attached hydrogens (tertiary/aromatic N) is 2. The maximum absolute atomic E-state index is 13.8. The molecule has 1 atom stereocenters. The van der Waals surface area contributed by atoms with E-state index in [4.69, 9.17) is 23.7 Å². The average Bonchev–Trinajstić information content (AvgIpc) is 3.46. The molecule has 2 aliphatic heterocycles. The summed E-state index contributed by atoms with van der Waals surface area (Å²) in [5.41, 5.74) is 1.94. The smallest absolute Gasteiger partial charge is 0.338 e. The number of carbonyl (C=O) groups is 1. The Kier molecular flexibility index (Phi) is 6.51. The highest BCUT2D eigenvalue weighted by Gasteiger charge is 2.33. The number of methoxy groups -OCH3 is 2. The van der Waals surface area contributed by atoms with Crippen LogP contribution < -0.4 is 33.8 Å². The SMILES string of the molecule is COC(=O)C1=C(C)N=c2sc(=Cc3ccc4c(c3)OCO4)c(=O)n2[C@H]1c1ccc(OC(C)C)c(OC)c1. The lowest BCUT2D eigenvalue weighted by molar-refractivity contribution is -0.136. The van der Waals surface area contributed by atoms with E-state index in [1.165, 1.54) is 23.0 Å². The van der Waals surface area contributed by atoms with E-state index < -0.39 is 12.0 Å². The molecule has 0 amide bonds. The second kappa shape index (κ2) is 9.78. The number of hydrogen-bond acceptors (Lipinski definition) is 9. The third-order valence-corrected chi connectivity index (χ3v) is 6.97. The Morgan fingerprint density at radius 3 is 2.65 bits per heavy atom. The van der Waals surface area contributed by atoms with Crippen molar-refractivity contribution in [2.45, 2.75) is 32.9 Å². The maximum Gasteiger partial charge on any atom is 0.338 e. The van der Waals surface area contributed by atoms with Gasteiger partial charge in [-0.3, -0.25) is 9.36 Å². The second-order valence-corrected chi connectivity index (χ2v) is 9.77. The maximum atomic E-state index is 13.8. The number of carbonyl (C=O) groups excluding carboxylic acids is 1. The Balaban J connectivity index is 1.68. The van der Waals surface area contributed by atoms with Crippen molar-refractivity contribution in [1.82, 2.24) is 4.57 Å². The number of thiazole rings is 1. The minimum Gasteiger partial charge on any atom is -0.493 e. The minimum absolute atomic E-state index is 0.0543. The fourth-order valence-electron chi connectivity index (χ4n) is 4.37. The zero-order chi connectivity index (χ0) is 26.3. The molecule has 0 saturated heterocycles. The summed E-state index contributed by atoms with van der Waals surface area (Å²) in [6.45, 7) is 5.75. The molecule has 192 valence electrons. The number of hydrogen-bond donors (Lipinski definition) is 0. The summed E-state index contributed by atoms with van der Waals surface area (Å²) in [5.74, 6) is 1.79. The zero-order valence-electron chi connectivity index (χ0n) is 21.1. The molecule has 2 aromatic carbocycles. The van der Waals surface area contributed by atoms with Crippen LogP contribution in [0, 0.1) is 0 Å². The van der Waals surface area contributed by atoms with Crippen molar-refractivity contribution in [3.05, 3.63) is 78.5 Å². The molecular weight excluding hydrogens is 496 g/mol. The van der Waals surface area contributed by atoms with Gasteiger partial charge in [0.25, 0.3) is 5.56 Å². The van der Waals surface area contributed by atoms with E-state index >= 15 is 0 Å². The molecule has 0 radical (unpaired) electrons. The molecule has 0 saturated carbocycles. The van der Waals surface area contributed by atoms with Crippen molar-refractivity contribution in [2.24, 2.45) is 4.99 Å². The standard InChI is InChI=1S/C27H26N2O7S/c1-14(2)36-19-9-7-17(12-20(19)32-4)24-23(26(31)33-5)15(3)28-27-29(24)25(30)22(37-27)11-16-6-8-18-21(10-16)35-13-34-18/h6-12,14,24H,13H2,1-5H3/t24-/m0/s1. The minimum atomic E-state index is -0.760. The van der Waals surface area contributed by atoms with Crippen LogP contribution in [-0.4, -0.2) is 37.7 Å². The Bertz CT molecular complexity index is 1600. The fraction of sp³-hybridized carbons (Fsp3) is 0.296. The summed E-state index contributed by atoms with van der Waals surface area (Å²) < 4.78 is 29.3. The average molecular weight is 523 g/mol. The first-order valence-electron chi connectivity index (χ1n) is 11.7. The molecule has 2 aliphatic rings. The van der Waals surface area contributed by atoms with Crippen LogP contribution in [-0.2, 0) is 9.53 Å². The van der Waals surface area contributed by atoms with Gasteiger partial charge in [-0.1, -0.05) is 23.5 Å². The first-order chi connectivity index (χ1) is 17.8. The predicted molar refractivity (Wildman–Crippen MR) is 137 cm³/mol. The van der Waals surface area contributed by atoms with Crippen molar-refractivity contribution in [1.29, 1.82) is 0 Å². The van der Waals surface area contributed by atoms with Gasteiger partial charge in [-0.05, 0) is 62.2 Å². The van der Waals surface area contributed by atoms with Crippen LogP contribution in [0.1, 0.15) is 37.9 Å². The van der Waals surface area contributed by atoms with Crippen LogP contribution >= 0.6 is 11.3 Å². The highest BCUT2D eigenvalue weighted by atomic mass is 32.1. The molecule has 3 aromatic rings. The Morgan fingerprint density at radius 1 is 1.14 bits per heavy atom. The third kappa shape index (κ3) is 4.48. The van der Waals surface area contributed by atoms with E-state index in [-0.39, 0.29) is 24.0 Å². The molecule has 3 heterocycles. The van der Waals surface area contributed by atoms with E-state index in [9.17, 15) is 9.59 Å². The van der Waals surface area contributed by atoms with Gasteiger partial charge in [0.2, 0.25) is 6.79 Å². The molecule has 0 aliphatic carbocycles. The van der Waals surface area contributed by atoms with Crippen molar-refractivity contribution >= 4 is 23.4 Å². The summed E-state index contributed by atoms with van der Waals surface area (Å²) >= 11 is 1.25. The van der Waals surface area contributed by atoms with E-state index in [2.05, 4.69) is 4.99 Å². The van der Waals surface area contributed by atoms with Gasteiger partial charge in [0.05, 0.1) is 42.2 Å². The molecule has 0 unspecified atom stereocenters. The van der Waals surface area contributed by atoms with Crippen molar-refractivity contribution in [3.63, 3.8) is 0 Å². The number of fused-ring (bicyclic) bond motifs is 2. The summed E-state index contributed by atoms with van der Waals surface area (Å²) in [4.78, 5) is 31.7. The van der Waals surface area contributed by atoms with E-state index in [0.717, 1.165) is 5.56 Å². The summed E-state index contributed by atoms with van der Waals surface area (Å²) in [6.07, 6.45) is 1.72. The molecule has 0 bridgehead atoms. The zero-order valence-corrected chi connectivity index (χ0v) is 21.9. The lowest BCUT2D eigenvalue weighted by Gasteiger charge is -2.25. The number of rotatable bonds is 6. The first-order valence-corrected chi connectivity index (χ1v) is 12.5. The van der Waals surface area contributed by atoms with Crippen LogP contribution in [0.2, 0.25) is 0 Å². The molecular formula is C27H26N2O7S. The molecule has 10 heteroatoms. The highest BCUT2D eigenvalue weighted by Crippen LogP contribution is 2.36. The van der Waals surface area contributed by atoms with Gasteiger partial charge in [0.1, 0.15) is 0 Å². The lowest BCUT2D eigenvalue weighted by atomic mass is 9.95. The predicted octanol–water partition coefficient (Wildman–Crippen LogP) is 2.93. The number of allylic oxidation sites excluding steroid dienone is 1. The normalized spacial score (nSPS) is 16.5. The van der Waals surface area contributed by atoms with Gasteiger partial charge in [-0.25, -0.2) is 9.79 Å². The first kappa shape index (κ1) is 24.6. The highest BCUT2D eigenvalue weighted by molar-refractivity contribution is 7.07. The molecule has 5 rings (SSSR count). The van der Waals surface area contributed by atoms with E-state index in [1.54, 1.807) is 38.3 Å². The van der Waals surface area contributed by atoms with Crippen molar-refractivity contribution < 1.29 is 28.5 Å². The molecule has 0 fully saturated rings. The third-order valence-electron chi connectivity index (χ3n) is 5.99. The van der Waals surface area contributed by atoms with Crippen LogP contribution in [0.4, 0.5) is 0 Å².